The number of nitrogens with one attached hydrogen (secondary N) is 2. The van der Waals surface area contributed by atoms with Gasteiger partial charge in [-0.25, -0.2) is 9.69 Å². The van der Waals surface area contributed by atoms with Crippen LogP contribution in [-0.2, 0) is 26.3 Å². The van der Waals surface area contributed by atoms with E-state index in [-0.39, 0.29) is 0 Å². The van der Waals surface area contributed by atoms with Gasteiger partial charge in [0.25, 0.3) is 5.91 Å². The zero-order valence-electron chi connectivity index (χ0n) is 20.0. The summed E-state index contributed by atoms with van der Waals surface area (Å²) in [7, 11) is 0. The first-order valence-electron chi connectivity index (χ1n) is 11.8. The number of morpholine rings is 1. The van der Waals surface area contributed by atoms with Crippen LogP contribution in [0.2, 0.25) is 0 Å². The van der Waals surface area contributed by atoms with Crippen molar-refractivity contribution in [1.82, 2.24) is 10.2 Å². The molecular weight excluding hydrogens is 432 g/mol. The van der Waals surface area contributed by atoms with Crippen LogP contribution in [0.15, 0.2) is 48.5 Å². The van der Waals surface area contributed by atoms with Crippen LogP contribution in [0.1, 0.15) is 38.3 Å². The van der Waals surface area contributed by atoms with Crippen LogP contribution in [-0.4, -0.2) is 55.1 Å². The van der Waals surface area contributed by atoms with Crippen molar-refractivity contribution in [2.75, 3.05) is 36.5 Å². The summed E-state index contributed by atoms with van der Waals surface area (Å²) in [6.45, 7) is 8.40. The molecule has 2 heterocycles. The Morgan fingerprint density at radius 2 is 1.74 bits per heavy atom. The summed E-state index contributed by atoms with van der Waals surface area (Å²) in [6, 6.07) is 13.7. The number of benzene rings is 2. The van der Waals surface area contributed by atoms with E-state index in [1.54, 1.807) is 13.8 Å². The lowest BCUT2D eigenvalue weighted by Gasteiger charge is -2.29. The molecule has 4 rings (SSSR count). The van der Waals surface area contributed by atoms with Gasteiger partial charge in [0.1, 0.15) is 11.6 Å². The average molecular weight is 465 g/mol. The molecule has 180 valence electrons. The van der Waals surface area contributed by atoms with Crippen LogP contribution in [0.25, 0.3) is 0 Å². The van der Waals surface area contributed by atoms with Gasteiger partial charge in [0.05, 0.1) is 13.2 Å². The van der Waals surface area contributed by atoms with Crippen molar-refractivity contribution < 1.29 is 19.1 Å². The second-order valence-corrected chi connectivity index (χ2v) is 8.99. The van der Waals surface area contributed by atoms with Crippen LogP contribution in [0, 0.1) is 0 Å². The van der Waals surface area contributed by atoms with E-state index in [4.69, 9.17) is 4.74 Å². The molecule has 8 nitrogen and oxygen atoms in total. The quantitative estimate of drug-likeness (QED) is 0.614. The summed E-state index contributed by atoms with van der Waals surface area (Å²) >= 11 is 0. The molecule has 0 unspecified atom stereocenters. The molecule has 34 heavy (non-hydrogen) atoms. The molecule has 2 fully saturated rings. The second-order valence-electron chi connectivity index (χ2n) is 8.99. The van der Waals surface area contributed by atoms with Crippen LogP contribution < -0.4 is 15.5 Å². The Balaban J connectivity index is 1.43. The van der Waals surface area contributed by atoms with E-state index >= 15 is 0 Å². The average Bonchev–Trinajstić information content (AvgIpc) is 3.08. The van der Waals surface area contributed by atoms with Gasteiger partial charge in [-0.15, -0.1) is 0 Å². The van der Waals surface area contributed by atoms with Crippen molar-refractivity contribution in [1.29, 1.82) is 0 Å². The minimum absolute atomic E-state index is 0.426. The Bertz CT molecular complexity index is 1050. The van der Waals surface area contributed by atoms with E-state index in [2.05, 4.69) is 22.5 Å². The first-order chi connectivity index (χ1) is 16.3. The smallest absolute Gasteiger partial charge is 0.326 e. The number of carbonyl (C=O) groups is 3. The van der Waals surface area contributed by atoms with Gasteiger partial charge in [-0.2, -0.15) is 0 Å². The fourth-order valence-corrected chi connectivity index (χ4v) is 4.44. The molecule has 0 saturated carbocycles. The van der Waals surface area contributed by atoms with Crippen molar-refractivity contribution in [3.8, 4) is 0 Å². The Labute approximate surface area is 200 Å². The van der Waals surface area contributed by atoms with Crippen LogP contribution in [0.4, 0.5) is 16.2 Å². The fraction of sp³-hybridized carbons (Fsp3) is 0.423. The maximum atomic E-state index is 13.3. The third kappa shape index (κ3) is 4.63. The third-order valence-electron chi connectivity index (χ3n) is 6.57. The number of amides is 4. The number of aryl methyl sites for hydroxylation is 1. The molecular formula is C26H32N4O4. The lowest BCUT2D eigenvalue weighted by atomic mass is 9.90. The van der Waals surface area contributed by atoms with Gasteiger partial charge in [-0.1, -0.05) is 37.6 Å². The zero-order valence-corrected chi connectivity index (χ0v) is 20.0. The van der Waals surface area contributed by atoms with Crippen molar-refractivity contribution in [2.45, 2.75) is 45.2 Å². The number of carbonyl (C=O) groups excluding carboxylic acids is 3. The Kier molecular flexibility index (Phi) is 6.88. The van der Waals surface area contributed by atoms with Gasteiger partial charge < -0.3 is 20.3 Å². The highest BCUT2D eigenvalue weighted by Crippen LogP contribution is 2.30. The summed E-state index contributed by atoms with van der Waals surface area (Å²) in [5, 5.41) is 5.61. The zero-order chi connectivity index (χ0) is 24.3. The molecule has 2 aromatic rings. The SMILES string of the molecule is CCCc1ccc([C@@]2(C)NC(=O)N([C@H](C)C(=O)Nc3ccc(N4CCOCC4)cc3)C2=O)cc1. The number of anilines is 2. The minimum Gasteiger partial charge on any atom is -0.378 e. The molecule has 4 amide bonds. The predicted molar refractivity (Wildman–Crippen MR) is 131 cm³/mol. The molecule has 0 bridgehead atoms. The van der Waals surface area contributed by atoms with E-state index in [9.17, 15) is 14.4 Å². The highest BCUT2D eigenvalue weighted by Gasteiger charge is 2.51. The van der Waals surface area contributed by atoms with Crippen molar-refractivity contribution in [3.05, 3.63) is 59.7 Å². The van der Waals surface area contributed by atoms with Gasteiger partial charge in [-0.05, 0) is 55.7 Å². The molecule has 0 radical (unpaired) electrons. The van der Waals surface area contributed by atoms with Crippen molar-refractivity contribution in [3.63, 3.8) is 0 Å². The lowest BCUT2D eigenvalue weighted by molar-refractivity contribution is -0.136. The van der Waals surface area contributed by atoms with E-state index in [0.29, 0.717) is 24.5 Å². The molecule has 0 aromatic heterocycles. The van der Waals surface area contributed by atoms with Gasteiger partial charge in [-0.3, -0.25) is 9.59 Å². The first-order valence-corrected chi connectivity index (χ1v) is 11.8. The maximum Gasteiger partial charge on any atom is 0.326 e. The largest absolute Gasteiger partial charge is 0.378 e. The highest BCUT2D eigenvalue weighted by atomic mass is 16.5. The summed E-state index contributed by atoms with van der Waals surface area (Å²) < 4.78 is 5.38. The Morgan fingerprint density at radius 1 is 1.09 bits per heavy atom. The first kappa shape index (κ1) is 23.8. The molecule has 2 aliphatic rings. The van der Waals surface area contributed by atoms with E-state index in [1.165, 1.54) is 5.56 Å². The molecule has 0 spiro atoms. The Hall–Kier alpha value is -3.39. The van der Waals surface area contributed by atoms with Gasteiger partial charge >= 0.3 is 6.03 Å². The molecule has 2 aromatic carbocycles. The number of imide groups is 1. The molecule has 2 saturated heterocycles. The summed E-state index contributed by atoms with van der Waals surface area (Å²) in [5.41, 5.74) is 2.32. The highest BCUT2D eigenvalue weighted by molar-refractivity contribution is 6.11. The number of nitrogens with zero attached hydrogens (tertiary/aromatic N) is 2. The lowest BCUT2D eigenvalue weighted by Crippen LogP contribution is -2.47. The predicted octanol–water partition coefficient (Wildman–Crippen LogP) is 3.27. The summed E-state index contributed by atoms with van der Waals surface area (Å²) in [5.74, 6) is -0.865. The normalized spacial score (nSPS) is 21.4. The van der Waals surface area contributed by atoms with E-state index in [1.807, 2.05) is 48.5 Å². The van der Waals surface area contributed by atoms with Gasteiger partial charge in [0.15, 0.2) is 0 Å². The van der Waals surface area contributed by atoms with E-state index < -0.39 is 29.4 Å². The maximum absolute atomic E-state index is 13.3. The monoisotopic (exact) mass is 464 g/mol. The van der Waals surface area contributed by atoms with E-state index in [0.717, 1.165) is 36.5 Å². The van der Waals surface area contributed by atoms with Crippen LogP contribution >= 0.6 is 0 Å². The summed E-state index contributed by atoms with van der Waals surface area (Å²) in [6.07, 6.45) is 1.98. The summed E-state index contributed by atoms with van der Waals surface area (Å²) in [4.78, 5) is 42.2. The fourth-order valence-electron chi connectivity index (χ4n) is 4.44. The number of rotatable bonds is 7. The van der Waals surface area contributed by atoms with Crippen molar-refractivity contribution in [2.24, 2.45) is 0 Å². The molecule has 2 N–H and O–H groups in total. The number of hydrogen-bond donors (Lipinski definition) is 2. The minimum atomic E-state index is -1.21. The second kappa shape index (κ2) is 9.85. The molecule has 2 aliphatic heterocycles. The standard InChI is InChI=1S/C26H32N4O4/c1-4-5-19-6-8-20(9-7-19)26(3)24(32)30(25(33)28-26)18(2)23(31)27-21-10-12-22(13-11-21)29-14-16-34-17-15-29/h6-13,18H,4-5,14-17H2,1-3H3,(H,27,31)(H,28,33)/t18-,26-/m1/s1. The molecule has 8 heteroatoms. The molecule has 0 aliphatic carbocycles. The Morgan fingerprint density at radius 3 is 2.35 bits per heavy atom. The number of urea groups is 1. The van der Waals surface area contributed by atoms with Gasteiger partial charge in [0.2, 0.25) is 5.91 Å². The van der Waals surface area contributed by atoms with Crippen molar-refractivity contribution >= 4 is 29.2 Å². The number of ether oxygens (including phenoxy) is 1. The topological polar surface area (TPSA) is 91.0 Å². The van der Waals surface area contributed by atoms with Crippen LogP contribution in [0.3, 0.4) is 0 Å². The van der Waals surface area contributed by atoms with Crippen LogP contribution in [0.5, 0.6) is 0 Å². The number of hydrogen-bond acceptors (Lipinski definition) is 5. The molecule has 2 atom stereocenters. The third-order valence-corrected chi connectivity index (χ3v) is 6.57. The van der Waals surface area contributed by atoms with Gasteiger partial charge in [0, 0.05) is 24.5 Å².